The first-order valence-corrected chi connectivity index (χ1v) is 9.31. The summed E-state index contributed by atoms with van der Waals surface area (Å²) in [5.74, 6) is -0.0923. The van der Waals surface area contributed by atoms with Crippen molar-refractivity contribution in [2.75, 3.05) is 31.1 Å². The molecule has 2 aliphatic rings. The number of benzene rings is 1. The predicted molar refractivity (Wildman–Crippen MR) is 100 cm³/mol. The third-order valence-corrected chi connectivity index (χ3v) is 5.41. The van der Waals surface area contributed by atoms with E-state index in [0.717, 1.165) is 0 Å². The van der Waals surface area contributed by atoms with Crippen LogP contribution < -0.4 is 15.6 Å². The van der Waals surface area contributed by atoms with Gasteiger partial charge in [0.2, 0.25) is 11.9 Å². The zero-order valence-electron chi connectivity index (χ0n) is 15.8. The molecule has 3 heterocycles. The van der Waals surface area contributed by atoms with Gasteiger partial charge in [0, 0.05) is 13.1 Å². The molecule has 3 N–H and O–H groups in total. The quantitative estimate of drug-likeness (QED) is 0.616. The van der Waals surface area contributed by atoms with Crippen molar-refractivity contribution in [3.63, 3.8) is 0 Å². The Labute approximate surface area is 166 Å². The van der Waals surface area contributed by atoms with E-state index in [2.05, 4.69) is 25.9 Å². The van der Waals surface area contributed by atoms with Crippen LogP contribution in [0.4, 0.5) is 15.1 Å². The number of nitrogens with zero attached hydrogens (tertiary/aromatic N) is 4. The van der Waals surface area contributed by atoms with E-state index in [1.807, 2.05) is 30.3 Å². The number of nitrogens with one attached hydrogen (secondary N) is 3. The summed E-state index contributed by atoms with van der Waals surface area (Å²) in [5, 5.41) is 10.6. The van der Waals surface area contributed by atoms with Crippen molar-refractivity contribution < 1.29 is 18.7 Å². The monoisotopic (exact) mass is 403 g/mol. The molecule has 4 rings (SSSR count). The van der Waals surface area contributed by atoms with Crippen LogP contribution in [0.15, 0.2) is 36.7 Å². The van der Waals surface area contributed by atoms with Crippen molar-refractivity contribution in [1.29, 1.82) is 0 Å². The smallest absolute Gasteiger partial charge is 0.407 e. The average Bonchev–Trinajstić information content (AvgIpc) is 3.40. The van der Waals surface area contributed by atoms with E-state index in [1.54, 1.807) is 6.92 Å². The Morgan fingerprint density at radius 3 is 2.76 bits per heavy atom. The van der Waals surface area contributed by atoms with Gasteiger partial charge in [0.1, 0.15) is 17.8 Å². The van der Waals surface area contributed by atoms with Gasteiger partial charge in [-0.2, -0.15) is 0 Å². The largest absolute Gasteiger partial charge is 0.443 e. The maximum absolute atomic E-state index is 14.6. The zero-order chi connectivity index (χ0) is 20.4. The van der Waals surface area contributed by atoms with Gasteiger partial charge in [0.25, 0.3) is 0 Å². The molecular weight excluding hydrogens is 381 g/mol. The summed E-state index contributed by atoms with van der Waals surface area (Å²) in [6, 6.07) is 9.10. The number of H-pyrrole nitrogens is 1. The second-order valence-corrected chi connectivity index (χ2v) is 7.16. The Bertz CT molecular complexity index is 866. The number of cyclic esters (lactones) is 1. The molecule has 2 aliphatic heterocycles. The number of carbonyl (C=O) groups excluding carboxylic acids is 2. The van der Waals surface area contributed by atoms with Gasteiger partial charge in [-0.3, -0.25) is 15.3 Å². The lowest BCUT2D eigenvalue weighted by molar-refractivity contribution is -0.135. The van der Waals surface area contributed by atoms with Gasteiger partial charge in [-0.05, 0) is 12.5 Å². The minimum atomic E-state index is -1.38. The second-order valence-electron chi connectivity index (χ2n) is 7.16. The van der Waals surface area contributed by atoms with Gasteiger partial charge in [0.05, 0.1) is 13.1 Å². The van der Waals surface area contributed by atoms with E-state index in [0.29, 0.717) is 18.7 Å². The Balaban J connectivity index is 1.49. The summed E-state index contributed by atoms with van der Waals surface area (Å²) in [7, 11) is 0. The Morgan fingerprint density at radius 1 is 1.34 bits per heavy atom. The van der Waals surface area contributed by atoms with E-state index in [-0.39, 0.29) is 24.9 Å². The van der Waals surface area contributed by atoms with Gasteiger partial charge >= 0.3 is 6.09 Å². The standard InChI is InChI=1S/C18H22FN7O3/c1-18(12-5-3-2-4-6-12,13-9-20-17(28)29-13)15(27)24-25-7-8-26(14(19)10-25)16-21-11-22-23-16/h2-6,11,13-14H,7-10H2,1H3,(H,20,28)(H,24,27)(H,21,22,23). The summed E-state index contributed by atoms with van der Waals surface area (Å²) in [4.78, 5) is 30.3. The molecule has 11 heteroatoms. The molecule has 3 atom stereocenters. The molecule has 2 fully saturated rings. The van der Waals surface area contributed by atoms with Crippen LogP contribution in [0.5, 0.6) is 0 Å². The number of ether oxygens (including phenoxy) is 1. The number of piperazine rings is 1. The second kappa shape index (κ2) is 7.66. The summed E-state index contributed by atoms with van der Waals surface area (Å²) < 4.78 is 20.0. The van der Waals surface area contributed by atoms with Crippen LogP contribution in [0.25, 0.3) is 0 Å². The molecule has 2 amide bonds. The Hall–Kier alpha value is -3.21. The van der Waals surface area contributed by atoms with Crippen LogP contribution in [-0.2, 0) is 14.9 Å². The van der Waals surface area contributed by atoms with Crippen LogP contribution >= 0.6 is 0 Å². The molecule has 154 valence electrons. The van der Waals surface area contributed by atoms with E-state index in [9.17, 15) is 14.0 Å². The number of hydrazine groups is 1. The number of hydrogen-bond acceptors (Lipinski definition) is 7. The Kier molecular flexibility index (Phi) is 5.05. The number of alkyl halides is 1. The third kappa shape index (κ3) is 3.60. The van der Waals surface area contributed by atoms with E-state index >= 15 is 0 Å². The van der Waals surface area contributed by atoms with Crippen LogP contribution in [0.1, 0.15) is 12.5 Å². The molecule has 2 saturated heterocycles. The molecule has 1 aromatic heterocycles. The number of rotatable bonds is 5. The van der Waals surface area contributed by atoms with Crippen molar-refractivity contribution in [1.82, 2.24) is 30.9 Å². The number of alkyl carbamates (subject to hydrolysis) is 1. The number of halogens is 1. The lowest BCUT2D eigenvalue weighted by Crippen LogP contribution is -2.61. The average molecular weight is 403 g/mol. The van der Waals surface area contributed by atoms with Crippen molar-refractivity contribution >= 4 is 17.9 Å². The van der Waals surface area contributed by atoms with Crippen molar-refractivity contribution in [3.05, 3.63) is 42.2 Å². The fourth-order valence-corrected chi connectivity index (χ4v) is 3.63. The highest BCUT2D eigenvalue weighted by Crippen LogP contribution is 2.32. The van der Waals surface area contributed by atoms with Gasteiger partial charge in [0.15, 0.2) is 6.30 Å². The fourth-order valence-electron chi connectivity index (χ4n) is 3.63. The highest BCUT2D eigenvalue weighted by atomic mass is 19.1. The SMILES string of the molecule is CC(C(=O)NN1CCN(c2nc[nH]n2)C(F)C1)(c1ccccc1)C1CNC(=O)O1. The van der Waals surface area contributed by atoms with Crippen LogP contribution in [0.2, 0.25) is 0 Å². The maximum Gasteiger partial charge on any atom is 0.407 e. The van der Waals surface area contributed by atoms with Gasteiger partial charge in [-0.15, -0.1) is 5.10 Å². The molecule has 10 nitrogen and oxygen atoms in total. The molecule has 2 aromatic rings. The summed E-state index contributed by atoms with van der Waals surface area (Å²) in [6.07, 6.45) is -1.24. The molecule has 0 aliphatic carbocycles. The van der Waals surface area contributed by atoms with Crippen molar-refractivity contribution in [2.45, 2.75) is 24.7 Å². The first-order chi connectivity index (χ1) is 14.0. The van der Waals surface area contributed by atoms with E-state index < -0.39 is 23.9 Å². The van der Waals surface area contributed by atoms with Gasteiger partial charge < -0.3 is 15.0 Å². The molecular formula is C18H22FN7O3. The minimum absolute atomic E-state index is 0.0478. The van der Waals surface area contributed by atoms with Crippen LogP contribution in [0.3, 0.4) is 0 Å². The fraction of sp³-hybridized carbons (Fsp3) is 0.444. The van der Waals surface area contributed by atoms with Crippen LogP contribution in [0, 0.1) is 0 Å². The highest BCUT2D eigenvalue weighted by molar-refractivity contribution is 5.89. The summed E-state index contributed by atoms with van der Waals surface area (Å²) in [5.41, 5.74) is 2.36. The first kappa shape index (κ1) is 19.1. The Morgan fingerprint density at radius 2 is 2.14 bits per heavy atom. The number of carbonyl (C=O) groups is 2. The lowest BCUT2D eigenvalue weighted by Gasteiger charge is -2.39. The number of hydrogen-bond donors (Lipinski definition) is 3. The van der Waals surface area contributed by atoms with Crippen molar-refractivity contribution in [3.8, 4) is 0 Å². The normalized spacial score (nSPS) is 24.5. The number of aromatic amines is 1. The highest BCUT2D eigenvalue weighted by Gasteiger charge is 2.48. The molecule has 0 radical (unpaired) electrons. The van der Waals surface area contributed by atoms with E-state index in [4.69, 9.17) is 4.74 Å². The molecule has 3 unspecified atom stereocenters. The van der Waals surface area contributed by atoms with Gasteiger partial charge in [-0.1, -0.05) is 30.3 Å². The molecule has 29 heavy (non-hydrogen) atoms. The third-order valence-electron chi connectivity index (χ3n) is 5.41. The number of anilines is 1. The first-order valence-electron chi connectivity index (χ1n) is 9.31. The predicted octanol–water partition coefficient (Wildman–Crippen LogP) is 0.320. The van der Waals surface area contributed by atoms with Crippen molar-refractivity contribution in [2.24, 2.45) is 0 Å². The minimum Gasteiger partial charge on any atom is -0.443 e. The molecule has 0 bridgehead atoms. The maximum atomic E-state index is 14.6. The lowest BCUT2D eigenvalue weighted by atomic mass is 9.76. The summed E-state index contributed by atoms with van der Waals surface area (Å²) in [6.45, 7) is 2.57. The zero-order valence-corrected chi connectivity index (χ0v) is 15.8. The number of amides is 2. The molecule has 1 aromatic carbocycles. The topological polar surface area (TPSA) is 115 Å². The molecule has 0 saturated carbocycles. The number of aromatic nitrogens is 3. The van der Waals surface area contributed by atoms with Gasteiger partial charge in [-0.25, -0.2) is 19.2 Å². The van der Waals surface area contributed by atoms with E-state index in [1.165, 1.54) is 16.2 Å². The summed E-state index contributed by atoms with van der Waals surface area (Å²) >= 11 is 0. The van der Waals surface area contributed by atoms with Crippen LogP contribution in [-0.4, -0.2) is 70.8 Å². The molecule has 0 spiro atoms.